The molecule has 0 saturated carbocycles. The first kappa shape index (κ1) is 29.4. The molecule has 1 aliphatic heterocycles. The number of amides is 1. The number of hydrogen-bond acceptors (Lipinski definition) is 6. The van der Waals surface area contributed by atoms with Crippen LogP contribution in [0.2, 0.25) is 5.02 Å². The molecule has 4 heterocycles. The van der Waals surface area contributed by atoms with Crippen molar-refractivity contribution < 1.29 is 19.1 Å². The van der Waals surface area contributed by atoms with E-state index < -0.39 is 17.3 Å². The van der Waals surface area contributed by atoms with Gasteiger partial charge in [-0.15, -0.1) is 0 Å². The number of aryl methyl sites for hydroxylation is 2. The minimum absolute atomic E-state index is 0.0321. The number of carbonyl (C=O) groups is 2. The smallest absolute Gasteiger partial charge is 0.337 e. The van der Waals surface area contributed by atoms with Crippen molar-refractivity contribution in [1.82, 2.24) is 24.6 Å². The Morgan fingerprint density at radius 3 is 2.45 bits per heavy atom. The summed E-state index contributed by atoms with van der Waals surface area (Å²) in [4.78, 5) is 38.8. The third-order valence-corrected chi connectivity index (χ3v) is 7.94. The van der Waals surface area contributed by atoms with Gasteiger partial charge in [-0.05, 0) is 75.9 Å². The molecule has 11 heteroatoms. The Bertz CT molecular complexity index is 1690. The highest BCUT2D eigenvalue weighted by atomic mass is 35.5. The van der Waals surface area contributed by atoms with E-state index in [-0.39, 0.29) is 22.4 Å². The standard InChI is InChI=1S/C31H34ClFN6O3/c1-17(2)13-24-28-25(39(36-24)20-7-8-21(32)22(33)15-20)10-9-23(35-28)29(40)38-12-11-37(16-31(38,5)6)26-14-18(3)27(30(41)42)19(4)34-26/h7-10,14-15,17H,11-13,16H2,1-6H3,(H,41,42). The zero-order valence-corrected chi connectivity index (χ0v) is 25.3. The highest BCUT2D eigenvalue weighted by Gasteiger charge is 2.38. The number of piperazine rings is 1. The van der Waals surface area contributed by atoms with Gasteiger partial charge in [0, 0.05) is 25.7 Å². The van der Waals surface area contributed by atoms with Crippen LogP contribution in [0, 0.1) is 25.6 Å². The molecule has 1 saturated heterocycles. The first-order valence-electron chi connectivity index (χ1n) is 13.9. The number of aromatic carboxylic acids is 1. The van der Waals surface area contributed by atoms with Crippen LogP contribution in [0.3, 0.4) is 0 Å². The number of fused-ring (bicyclic) bond motifs is 1. The van der Waals surface area contributed by atoms with Gasteiger partial charge in [0.05, 0.1) is 38.7 Å². The lowest BCUT2D eigenvalue weighted by atomic mass is 9.97. The van der Waals surface area contributed by atoms with Crippen LogP contribution in [0.5, 0.6) is 0 Å². The predicted molar refractivity (Wildman–Crippen MR) is 160 cm³/mol. The van der Waals surface area contributed by atoms with Gasteiger partial charge in [0.25, 0.3) is 5.91 Å². The van der Waals surface area contributed by atoms with Crippen LogP contribution in [-0.4, -0.2) is 66.8 Å². The number of carbonyl (C=O) groups excluding carboxylic acids is 1. The van der Waals surface area contributed by atoms with E-state index in [9.17, 15) is 19.1 Å². The molecule has 42 heavy (non-hydrogen) atoms. The number of benzene rings is 1. The molecule has 9 nitrogen and oxygen atoms in total. The number of anilines is 1. The summed E-state index contributed by atoms with van der Waals surface area (Å²) in [5, 5.41) is 14.3. The Morgan fingerprint density at radius 1 is 1.10 bits per heavy atom. The number of carboxylic acid groups (broad SMARTS) is 1. The summed E-state index contributed by atoms with van der Waals surface area (Å²) in [5.74, 6) is -0.741. The largest absolute Gasteiger partial charge is 0.478 e. The third-order valence-electron chi connectivity index (χ3n) is 7.63. The van der Waals surface area contributed by atoms with Gasteiger partial charge in [0.1, 0.15) is 22.8 Å². The van der Waals surface area contributed by atoms with Gasteiger partial charge in [0.2, 0.25) is 0 Å². The molecule has 1 aromatic carbocycles. The molecule has 5 rings (SSSR count). The maximum atomic E-state index is 14.3. The van der Waals surface area contributed by atoms with Crippen molar-refractivity contribution in [3.8, 4) is 5.69 Å². The summed E-state index contributed by atoms with van der Waals surface area (Å²) in [5.41, 5.74) is 3.61. The lowest BCUT2D eigenvalue weighted by Gasteiger charge is -2.47. The van der Waals surface area contributed by atoms with Crippen molar-refractivity contribution in [3.05, 3.63) is 75.4 Å². The molecule has 4 aromatic rings. The summed E-state index contributed by atoms with van der Waals surface area (Å²) < 4.78 is 15.9. The zero-order valence-electron chi connectivity index (χ0n) is 24.6. The molecule has 3 aromatic heterocycles. The number of nitrogens with zero attached hydrogens (tertiary/aromatic N) is 6. The molecule has 0 radical (unpaired) electrons. The van der Waals surface area contributed by atoms with Gasteiger partial charge < -0.3 is 14.9 Å². The second-order valence-electron chi connectivity index (χ2n) is 11.9. The van der Waals surface area contributed by atoms with Crippen LogP contribution in [-0.2, 0) is 6.42 Å². The van der Waals surface area contributed by atoms with Crippen LogP contribution in [0.25, 0.3) is 16.7 Å². The van der Waals surface area contributed by atoms with Crippen molar-refractivity contribution in [2.45, 2.75) is 53.5 Å². The van der Waals surface area contributed by atoms with Gasteiger partial charge in [-0.3, -0.25) is 4.79 Å². The third kappa shape index (κ3) is 5.43. The van der Waals surface area contributed by atoms with Crippen molar-refractivity contribution in [2.24, 2.45) is 5.92 Å². The van der Waals surface area contributed by atoms with Gasteiger partial charge in [-0.25, -0.2) is 23.8 Å². The number of halogens is 2. The molecule has 1 aliphatic rings. The van der Waals surface area contributed by atoms with Crippen LogP contribution in [0.1, 0.15) is 65.5 Å². The quantitative estimate of drug-likeness (QED) is 0.299. The Morgan fingerprint density at radius 2 is 1.83 bits per heavy atom. The van der Waals surface area contributed by atoms with E-state index in [1.165, 1.54) is 12.1 Å². The molecule has 1 fully saturated rings. The van der Waals surface area contributed by atoms with Gasteiger partial charge >= 0.3 is 5.97 Å². The summed E-state index contributed by atoms with van der Waals surface area (Å²) >= 11 is 5.90. The minimum atomic E-state index is -0.994. The normalized spacial score (nSPS) is 15.1. The molecular weight excluding hydrogens is 559 g/mol. The lowest BCUT2D eigenvalue weighted by molar-refractivity contribution is 0.0507. The minimum Gasteiger partial charge on any atom is -0.478 e. The van der Waals surface area contributed by atoms with E-state index in [0.29, 0.717) is 65.5 Å². The predicted octanol–water partition coefficient (Wildman–Crippen LogP) is 5.86. The van der Waals surface area contributed by atoms with E-state index in [4.69, 9.17) is 21.7 Å². The van der Waals surface area contributed by atoms with Crippen molar-refractivity contribution in [1.29, 1.82) is 0 Å². The summed E-state index contributed by atoms with van der Waals surface area (Å²) in [6.45, 7) is 13.1. The van der Waals surface area contributed by atoms with E-state index in [1.54, 1.807) is 36.7 Å². The summed E-state index contributed by atoms with van der Waals surface area (Å²) in [6.07, 6.45) is 0.640. The number of hydrogen-bond donors (Lipinski definition) is 1. The average Bonchev–Trinajstić information content (AvgIpc) is 3.25. The Hall–Kier alpha value is -4.05. The van der Waals surface area contributed by atoms with Crippen LogP contribution < -0.4 is 4.90 Å². The maximum Gasteiger partial charge on any atom is 0.337 e. The Kier molecular flexibility index (Phi) is 7.70. The average molecular weight is 593 g/mol. The van der Waals surface area contributed by atoms with E-state index in [0.717, 1.165) is 5.69 Å². The van der Waals surface area contributed by atoms with E-state index in [1.807, 2.05) is 24.8 Å². The number of pyridine rings is 2. The topological polar surface area (TPSA) is 104 Å². The fourth-order valence-electron chi connectivity index (χ4n) is 5.68. The molecule has 0 atom stereocenters. The fourth-order valence-corrected chi connectivity index (χ4v) is 5.79. The molecular formula is C31H34ClFN6O3. The SMILES string of the molecule is Cc1cc(N2CCN(C(=O)c3ccc4c(n3)c(CC(C)C)nn4-c3ccc(Cl)c(F)c3)C(C)(C)C2)nc(C)c1C(=O)O. The molecule has 0 spiro atoms. The van der Waals surface area contributed by atoms with Crippen LogP contribution in [0.15, 0.2) is 36.4 Å². The number of carboxylic acids is 1. The molecule has 1 amide bonds. The second kappa shape index (κ2) is 11.0. The molecule has 0 aliphatic carbocycles. The first-order valence-corrected chi connectivity index (χ1v) is 14.3. The Labute approximate surface area is 248 Å². The molecule has 1 N–H and O–H groups in total. The van der Waals surface area contributed by atoms with Crippen molar-refractivity contribution in [3.63, 3.8) is 0 Å². The van der Waals surface area contributed by atoms with Crippen molar-refractivity contribution >= 4 is 40.3 Å². The zero-order chi connectivity index (χ0) is 30.5. The van der Waals surface area contributed by atoms with Crippen LogP contribution in [0.4, 0.5) is 10.2 Å². The molecule has 0 unspecified atom stereocenters. The van der Waals surface area contributed by atoms with Crippen molar-refractivity contribution in [2.75, 3.05) is 24.5 Å². The summed E-state index contributed by atoms with van der Waals surface area (Å²) in [7, 11) is 0. The monoisotopic (exact) mass is 592 g/mol. The second-order valence-corrected chi connectivity index (χ2v) is 12.3. The highest BCUT2D eigenvalue weighted by molar-refractivity contribution is 6.30. The maximum absolute atomic E-state index is 14.3. The van der Waals surface area contributed by atoms with E-state index in [2.05, 4.69) is 23.7 Å². The van der Waals surface area contributed by atoms with E-state index >= 15 is 0 Å². The molecule has 220 valence electrons. The highest BCUT2D eigenvalue weighted by Crippen LogP contribution is 2.30. The first-order chi connectivity index (χ1) is 19.8. The fraction of sp³-hybridized carbons (Fsp3) is 0.387. The Balaban J connectivity index is 1.45. The summed E-state index contributed by atoms with van der Waals surface area (Å²) in [6, 6.07) is 9.82. The van der Waals surface area contributed by atoms with Crippen LogP contribution >= 0.6 is 11.6 Å². The van der Waals surface area contributed by atoms with Gasteiger partial charge in [-0.1, -0.05) is 25.4 Å². The lowest BCUT2D eigenvalue weighted by Crippen LogP contribution is -2.61. The van der Waals surface area contributed by atoms with Gasteiger partial charge in [-0.2, -0.15) is 5.10 Å². The number of aromatic nitrogens is 4. The van der Waals surface area contributed by atoms with Gasteiger partial charge in [0.15, 0.2) is 0 Å². The number of rotatable bonds is 6. The molecule has 0 bridgehead atoms.